The summed E-state index contributed by atoms with van der Waals surface area (Å²) in [6.07, 6.45) is -0.554. The Morgan fingerprint density at radius 3 is 2.46 bits per heavy atom. The monoisotopic (exact) mass is 327 g/mol. The summed E-state index contributed by atoms with van der Waals surface area (Å²) in [6.45, 7) is 8.78. The summed E-state index contributed by atoms with van der Waals surface area (Å²) in [5.41, 5.74) is 3.23. The van der Waals surface area contributed by atoms with E-state index in [1.54, 1.807) is 6.92 Å². The molecule has 1 unspecified atom stereocenters. The van der Waals surface area contributed by atoms with Gasteiger partial charge >= 0.3 is 0 Å². The van der Waals surface area contributed by atoms with Crippen molar-refractivity contribution in [3.63, 3.8) is 0 Å². The highest BCUT2D eigenvalue weighted by atomic mass is 16.5. The third-order valence-electron chi connectivity index (χ3n) is 3.55. The fourth-order valence-corrected chi connectivity index (χ4v) is 2.50. The highest BCUT2D eigenvalue weighted by Gasteiger charge is 2.14. The summed E-state index contributed by atoms with van der Waals surface area (Å²) in [4.78, 5) is 12.2. The molecule has 2 aromatic carbocycles. The van der Waals surface area contributed by atoms with Crippen molar-refractivity contribution < 1.29 is 14.3 Å². The molecule has 128 valence electrons. The van der Waals surface area contributed by atoms with Crippen LogP contribution in [0.1, 0.15) is 30.5 Å². The molecule has 2 rings (SSSR count). The number of rotatable bonds is 7. The predicted octanol–water partition coefficient (Wildman–Crippen LogP) is 3.79. The van der Waals surface area contributed by atoms with Crippen LogP contribution in [0, 0.1) is 13.8 Å². The number of hydrogen-bond acceptors (Lipinski definition) is 3. The van der Waals surface area contributed by atoms with E-state index >= 15 is 0 Å². The topological polar surface area (TPSA) is 47.6 Å². The minimum atomic E-state index is -0.554. The number of aryl methyl sites for hydroxylation is 2. The minimum Gasteiger partial charge on any atom is -0.494 e. The number of carbonyl (C=O) groups is 1. The lowest BCUT2D eigenvalue weighted by Gasteiger charge is -2.16. The largest absolute Gasteiger partial charge is 0.494 e. The van der Waals surface area contributed by atoms with Crippen LogP contribution in [0.15, 0.2) is 42.5 Å². The fraction of sp³-hybridized carbons (Fsp3) is 0.350. The van der Waals surface area contributed by atoms with Gasteiger partial charge < -0.3 is 14.8 Å². The zero-order valence-electron chi connectivity index (χ0n) is 14.8. The van der Waals surface area contributed by atoms with Crippen LogP contribution >= 0.6 is 0 Å². The van der Waals surface area contributed by atoms with Crippen molar-refractivity contribution >= 4 is 5.91 Å². The molecule has 0 aliphatic rings. The van der Waals surface area contributed by atoms with Gasteiger partial charge in [-0.1, -0.05) is 18.2 Å². The molecule has 0 spiro atoms. The highest BCUT2D eigenvalue weighted by molar-refractivity contribution is 5.80. The zero-order chi connectivity index (χ0) is 17.5. The molecule has 0 aliphatic carbocycles. The van der Waals surface area contributed by atoms with Gasteiger partial charge in [0.25, 0.3) is 5.91 Å². The molecule has 0 saturated carbocycles. The first-order valence-electron chi connectivity index (χ1n) is 8.22. The van der Waals surface area contributed by atoms with E-state index in [9.17, 15) is 4.79 Å². The second-order valence-electron chi connectivity index (χ2n) is 5.88. The molecule has 1 N–H and O–H groups in total. The predicted molar refractivity (Wildman–Crippen MR) is 95.5 cm³/mol. The van der Waals surface area contributed by atoms with Crippen molar-refractivity contribution in [3.8, 4) is 11.5 Å². The van der Waals surface area contributed by atoms with Crippen molar-refractivity contribution in [3.05, 3.63) is 59.2 Å². The average molecular weight is 327 g/mol. The smallest absolute Gasteiger partial charge is 0.261 e. The van der Waals surface area contributed by atoms with Gasteiger partial charge in [-0.3, -0.25) is 4.79 Å². The number of hydrogen-bond donors (Lipinski definition) is 1. The molecular weight excluding hydrogens is 302 g/mol. The van der Waals surface area contributed by atoms with Crippen molar-refractivity contribution in [2.75, 3.05) is 6.61 Å². The lowest BCUT2D eigenvalue weighted by molar-refractivity contribution is -0.127. The van der Waals surface area contributed by atoms with E-state index in [-0.39, 0.29) is 5.91 Å². The Kier molecular flexibility index (Phi) is 6.24. The zero-order valence-corrected chi connectivity index (χ0v) is 14.8. The fourth-order valence-electron chi connectivity index (χ4n) is 2.50. The second-order valence-corrected chi connectivity index (χ2v) is 5.88. The van der Waals surface area contributed by atoms with E-state index < -0.39 is 6.10 Å². The molecule has 0 bridgehead atoms. The van der Waals surface area contributed by atoms with E-state index in [2.05, 4.69) is 11.4 Å². The Morgan fingerprint density at radius 1 is 1.08 bits per heavy atom. The standard InChI is InChI=1S/C20H25NO3/c1-5-23-18-8-6-7-17(12-18)13-21-20(22)16(4)24-19-10-14(2)9-15(3)11-19/h6-12,16H,5,13H2,1-4H3,(H,21,22). The first kappa shape index (κ1) is 17.9. The number of ether oxygens (including phenoxy) is 2. The molecule has 0 fully saturated rings. The van der Waals surface area contributed by atoms with Crippen LogP contribution in [0.4, 0.5) is 0 Å². The number of carbonyl (C=O) groups excluding carboxylic acids is 1. The third-order valence-corrected chi connectivity index (χ3v) is 3.55. The summed E-state index contributed by atoms with van der Waals surface area (Å²) in [6, 6.07) is 13.6. The molecule has 2 aromatic rings. The Morgan fingerprint density at radius 2 is 1.79 bits per heavy atom. The summed E-state index contributed by atoms with van der Waals surface area (Å²) in [5, 5.41) is 2.90. The molecule has 24 heavy (non-hydrogen) atoms. The second kappa shape index (κ2) is 8.39. The van der Waals surface area contributed by atoms with Crippen molar-refractivity contribution in [1.29, 1.82) is 0 Å². The Labute approximate surface area is 143 Å². The SMILES string of the molecule is CCOc1cccc(CNC(=O)C(C)Oc2cc(C)cc(C)c2)c1. The Balaban J connectivity index is 1.90. The lowest BCUT2D eigenvalue weighted by Crippen LogP contribution is -2.35. The number of benzene rings is 2. The summed E-state index contributed by atoms with van der Waals surface area (Å²) in [7, 11) is 0. The molecule has 4 heteroatoms. The van der Waals surface area contributed by atoms with Crippen LogP contribution in [0.2, 0.25) is 0 Å². The summed E-state index contributed by atoms with van der Waals surface area (Å²) >= 11 is 0. The van der Waals surface area contributed by atoms with Gasteiger partial charge in [0.15, 0.2) is 6.10 Å². The summed E-state index contributed by atoms with van der Waals surface area (Å²) < 4.78 is 11.2. The van der Waals surface area contributed by atoms with Gasteiger partial charge in [0.1, 0.15) is 11.5 Å². The van der Waals surface area contributed by atoms with Gasteiger partial charge in [-0.2, -0.15) is 0 Å². The van der Waals surface area contributed by atoms with Crippen LogP contribution < -0.4 is 14.8 Å². The van der Waals surface area contributed by atoms with Crippen molar-refractivity contribution in [1.82, 2.24) is 5.32 Å². The summed E-state index contributed by atoms with van der Waals surface area (Å²) in [5.74, 6) is 1.38. The van der Waals surface area contributed by atoms with E-state index in [4.69, 9.17) is 9.47 Å². The van der Waals surface area contributed by atoms with Crippen LogP contribution in [0.5, 0.6) is 11.5 Å². The molecule has 0 heterocycles. The van der Waals surface area contributed by atoms with Crippen molar-refractivity contribution in [2.45, 2.75) is 40.3 Å². The van der Waals surface area contributed by atoms with Crippen LogP contribution in [0.25, 0.3) is 0 Å². The van der Waals surface area contributed by atoms with E-state index in [1.165, 1.54) is 0 Å². The van der Waals surface area contributed by atoms with Gasteiger partial charge in [-0.05, 0) is 68.7 Å². The maximum Gasteiger partial charge on any atom is 0.261 e. The van der Waals surface area contributed by atoms with Crippen LogP contribution in [0.3, 0.4) is 0 Å². The maximum absolute atomic E-state index is 12.2. The van der Waals surface area contributed by atoms with Gasteiger partial charge in [0.05, 0.1) is 6.61 Å². The van der Waals surface area contributed by atoms with Gasteiger partial charge in [0, 0.05) is 6.54 Å². The molecule has 0 aliphatic heterocycles. The Bertz CT molecular complexity index is 677. The lowest BCUT2D eigenvalue weighted by atomic mass is 10.1. The normalized spacial score (nSPS) is 11.7. The quantitative estimate of drug-likeness (QED) is 0.842. The molecule has 0 radical (unpaired) electrons. The molecule has 1 amide bonds. The van der Waals surface area contributed by atoms with Crippen molar-refractivity contribution in [2.24, 2.45) is 0 Å². The van der Waals surface area contributed by atoms with Crippen LogP contribution in [-0.2, 0) is 11.3 Å². The highest BCUT2D eigenvalue weighted by Crippen LogP contribution is 2.18. The molecule has 0 saturated heterocycles. The first-order valence-corrected chi connectivity index (χ1v) is 8.22. The van der Waals surface area contributed by atoms with E-state index in [1.807, 2.05) is 57.2 Å². The molecular formula is C20H25NO3. The number of nitrogens with one attached hydrogen (secondary N) is 1. The van der Waals surface area contributed by atoms with Gasteiger partial charge in [0.2, 0.25) is 0 Å². The van der Waals surface area contributed by atoms with Crippen LogP contribution in [-0.4, -0.2) is 18.6 Å². The third kappa shape index (κ3) is 5.30. The molecule has 0 aromatic heterocycles. The number of amides is 1. The molecule has 4 nitrogen and oxygen atoms in total. The first-order chi connectivity index (χ1) is 11.5. The van der Waals surface area contributed by atoms with Gasteiger partial charge in [-0.15, -0.1) is 0 Å². The molecule has 1 atom stereocenters. The average Bonchev–Trinajstić information content (AvgIpc) is 2.52. The Hall–Kier alpha value is -2.49. The van der Waals surface area contributed by atoms with E-state index in [0.717, 1.165) is 22.4 Å². The minimum absolute atomic E-state index is 0.143. The van der Waals surface area contributed by atoms with E-state index in [0.29, 0.717) is 18.9 Å². The van der Waals surface area contributed by atoms with Gasteiger partial charge in [-0.25, -0.2) is 0 Å². The maximum atomic E-state index is 12.2.